The van der Waals surface area contributed by atoms with Crippen molar-refractivity contribution in [2.24, 2.45) is 0 Å². The van der Waals surface area contributed by atoms with Crippen LogP contribution in [0.2, 0.25) is 0 Å². The van der Waals surface area contributed by atoms with Crippen LogP contribution in [0.1, 0.15) is 15.9 Å². The monoisotopic (exact) mass is 314 g/mol. The summed E-state index contributed by atoms with van der Waals surface area (Å²) < 4.78 is 0. The van der Waals surface area contributed by atoms with Crippen LogP contribution in [-0.2, 0) is 0 Å². The van der Waals surface area contributed by atoms with E-state index in [9.17, 15) is 4.79 Å². The molecule has 0 aliphatic carbocycles. The van der Waals surface area contributed by atoms with Gasteiger partial charge in [-0.25, -0.2) is 4.98 Å². The predicted octanol–water partition coefficient (Wildman–Crippen LogP) is 3.95. The standard InChI is InChI=1S/C19H14N4O/c20-12-14-6-8-16(9-7-14)22-17-10-11-18(21-13-17)23-19(24)15-4-2-1-3-5-15/h1-11,13,22H,(H,21,23,24). The van der Waals surface area contributed by atoms with Crippen molar-refractivity contribution in [2.75, 3.05) is 10.6 Å². The van der Waals surface area contributed by atoms with Gasteiger partial charge in [-0.3, -0.25) is 4.79 Å². The Kier molecular flexibility index (Phi) is 4.50. The first kappa shape index (κ1) is 15.3. The van der Waals surface area contributed by atoms with Crippen molar-refractivity contribution >= 4 is 23.1 Å². The van der Waals surface area contributed by atoms with Crippen molar-refractivity contribution < 1.29 is 4.79 Å². The second-order valence-electron chi connectivity index (χ2n) is 5.07. The van der Waals surface area contributed by atoms with Gasteiger partial charge in [0.05, 0.1) is 23.5 Å². The molecular formula is C19H14N4O. The van der Waals surface area contributed by atoms with E-state index in [0.29, 0.717) is 16.9 Å². The van der Waals surface area contributed by atoms with Gasteiger partial charge >= 0.3 is 0 Å². The molecule has 0 saturated heterocycles. The van der Waals surface area contributed by atoms with Crippen molar-refractivity contribution in [3.63, 3.8) is 0 Å². The van der Waals surface area contributed by atoms with E-state index < -0.39 is 0 Å². The number of carbonyl (C=O) groups is 1. The topological polar surface area (TPSA) is 77.8 Å². The third-order valence-electron chi connectivity index (χ3n) is 3.34. The molecule has 3 rings (SSSR count). The lowest BCUT2D eigenvalue weighted by Crippen LogP contribution is -2.12. The average molecular weight is 314 g/mol. The number of anilines is 3. The molecule has 24 heavy (non-hydrogen) atoms. The molecule has 0 atom stereocenters. The maximum atomic E-state index is 12.1. The number of nitrogens with one attached hydrogen (secondary N) is 2. The Bertz CT molecular complexity index is 866. The van der Waals surface area contributed by atoms with Crippen LogP contribution in [0, 0.1) is 11.3 Å². The molecule has 0 radical (unpaired) electrons. The summed E-state index contributed by atoms with van der Waals surface area (Å²) in [5.41, 5.74) is 2.84. The van der Waals surface area contributed by atoms with Crippen LogP contribution in [0.15, 0.2) is 72.9 Å². The first-order chi connectivity index (χ1) is 11.7. The second-order valence-corrected chi connectivity index (χ2v) is 5.07. The molecule has 116 valence electrons. The molecule has 0 aliphatic rings. The first-order valence-corrected chi connectivity index (χ1v) is 7.34. The molecule has 3 aromatic rings. The van der Waals surface area contributed by atoms with E-state index in [0.717, 1.165) is 11.4 Å². The summed E-state index contributed by atoms with van der Waals surface area (Å²) in [5, 5.41) is 14.7. The molecule has 1 heterocycles. The van der Waals surface area contributed by atoms with Gasteiger partial charge in [-0.15, -0.1) is 0 Å². The van der Waals surface area contributed by atoms with Crippen molar-refractivity contribution in [1.82, 2.24) is 4.98 Å². The van der Waals surface area contributed by atoms with Crippen molar-refractivity contribution in [3.8, 4) is 6.07 Å². The summed E-state index contributed by atoms with van der Waals surface area (Å²) in [7, 11) is 0. The largest absolute Gasteiger partial charge is 0.354 e. The summed E-state index contributed by atoms with van der Waals surface area (Å²) >= 11 is 0. The molecule has 5 heteroatoms. The smallest absolute Gasteiger partial charge is 0.256 e. The lowest BCUT2D eigenvalue weighted by Gasteiger charge is -2.08. The van der Waals surface area contributed by atoms with Gasteiger partial charge < -0.3 is 10.6 Å². The zero-order chi connectivity index (χ0) is 16.8. The Balaban J connectivity index is 1.65. The van der Waals surface area contributed by atoms with Crippen LogP contribution in [0.5, 0.6) is 0 Å². The fourth-order valence-electron chi connectivity index (χ4n) is 2.11. The van der Waals surface area contributed by atoms with Crippen LogP contribution >= 0.6 is 0 Å². The molecule has 1 amide bonds. The van der Waals surface area contributed by atoms with Crippen molar-refractivity contribution in [2.45, 2.75) is 0 Å². The van der Waals surface area contributed by atoms with Crippen LogP contribution < -0.4 is 10.6 Å². The van der Waals surface area contributed by atoms with E-state index in [1.165, 1.54) is 0 Å². The lowest BCUT2D eigenvalue weighted by molar-refractivity contribution is 0.102. The summed E-state index contributed by atoms with van der Waals surface area (Å²) in [6, 6.07) is 21.7. The minimum Gasteiger partial charge on any atom is -0.354 e. The van der Waals surface area contributed by atoms with Crippen LogP contribution in [-0.4, -0.2) is 10.9 Å². The highest BCUT2D eigenvalue weighted by molar-refractivity contribution is 6.03. The predicted molar refractivity (Wildman–Crippen MR) is 93.1 cm³/mol. The molecule has 0 spiro atoms. The van der Waals surface area contributed by atoms with Gasteiger partial charge in [0.15, 0.2) is 0 Å². The molecule has 0 unspecified atom stereocenters. The van der Waals surface area contributed by atoms with Gasteiger partial charge in [0.1, 0.15) is 5.82 Å². The maximum Gasteiger partial charge on any atom is 0.256 e. The highest BCUT2D eigenvalue weighted by Gasteiger charge is 2.05. The molecular weight excluding hydrogens is 300 g/mol. The number of nitriles is 1. The fraction of sp³-hybridized carbons (Fsp3) is 0. The van der Waals surface area contributed by atoms with Crippen molar-refractivity contribution in [3.05, 3.63) is 84.1 Å². The van der Waals surface area contributed by atoms with Crippen LogP contribution in [0.25, 0.3) is 0 Å². The average Bonchev–Trinajstić information content (AvgIpc) is 2.65. The van der Waals surface area contributed by atoms with Gasteiger partial charge in [-0.05, 0) is 48.5 Å². The molecule has 5 nitrogen and oxygen atoms in total. The minimum atomic E-state index is -0.198. The number of aromatic nitrogens is 1. The number of hydrogen-bond donors (Lipinski definition) is 2. The number of amides is 1. The third kappa shape index (κ3) is 3.76. The second kappa shape index (κ2) is 7.07. The molecule has 0 fully saturated rings. The van der Waals surface area contributed by atoms with Crippen molar-refractivity contribution in [1.29, 1.82) is 5.26 Å². The van der Waals surface area contributed by atoms with E-state index >= 15 is 0 Å². The van der Waals surface area contributed by atoms with Gasteiger partial charge in [-0.1, -0.05) is 18.2 Å². The zero-order valence-electron chi connectivity index (χ0n) is 12.7. The SMILES string of the molecule is N#Cc1ccc(Nc2ccc(NC(=O)c3ccccc3)nc2)cc1. The Morgan fingerprint density at radius 3 is 2.25 bits per heavy atom. The Labute approximate surface area is 139 Å². The number of pyridine rings is 1. The Morgan fingerprint density at radius 2 is 1.62 bits per heavy atom. The Morgan fingerprint density at radius 1 is 0.917 bits per heavy atom. The lowest BCUT2D eigenvalue weighted by atomic mass is 10.2. The number of nitrogens with zero attached hydrogens (tertiary/aromatic N) is 2. The van der Waals surface area contributed by atoms with E-state index in [1.807, 2.05) is 36.4 Å². The Hall–Kier alpha value is -3.65. The summed E-state index contributed by atoms with van der Waals surface area (Å²) in [6.45, 7) is 0. The maximum absolute atomic E-state index is 12.1. The fourth-order valence-corrected chi connectivity index (χ4v) is 2.11. The number of carbonyl (C=O) groups excluding carboxylic acids is 1. The van der Waals surface area contributed by atoms with E-state index in [1.54, 1.807) is 36.5 Å². The van der Waals surface area contributed by atoms with Gasteiger partial charge in [0, 0.05) is 11.3 Å². The molecule has 0 saturated carbocycles. The normalized spacial score (nSPS) is 9.79. The van der Waals surface area contributed by atoms with Gasteiger partial charge in [0.25, 0.3) is 5.91 Å². The quantitative estimate of drug-likeness (QED) is 0.764. The molecule has 0 aliphatic heterocycles. The summed E-state index contributed by atoms with van der Waals surface area (Å²) in [4.78, 5) is 16.3. The highest BCUT2D eigenvalue weighted by atomic mass is 16.1. The molecule has 1 aromatic heterocycles. The number of rotatable bonds is 4. The first-order valence-electron chi connectivity index (χ1n) is 7.34. The third-order valence-corrected chi connectivity index (χ3v) is 3.34. The molecule has 2 N–H and O–H groups in total. The number of hydrogen-bond acceptors (Lipinski definition) is 4. The van der Waals surface area contributed by atoms with Crippen LogP contribution in [0.4, 0.5) is 17.2 Å². The van der Waals surface area contributed by atoms with E-state index in [2.05, 4.69) is 21.7 Å². The molecule has 2 aromatic carbocycles. The van der Waals surface area contributed by atoms with E-state index in [-0.39, 0.29) is 5.91 Å². The summed E-state index contributed by atoms with van der Waals surface area (Å²) in [5.74, 6) is 0.283. The number of benzene rings is 2. The molecule has 0 bridgehead atoms. The zero-order valence-corrected chi connectivity index (χ0v) is 12.7. The van der Waals surface area contributed by atoms with Gasteiger partial charge in [0.2, 0.25) is 0 Å². The van der Waals surface area contributed by atoms with Gasteiger partial charge in [-0.2, -0.15) is 5.26 Å². The highest BCUT2D eigenvalue weighted by Crippen LogP contribution is 2.17. The van der Waals surface area contributed by atoms with E-state index in [4.69, 9.17) is 5.26 Å². The van der Waals surface area contributed by atoms with Crippen LogP contribution in [0.3, 0.4) is 0 Å². The summed E-state index contributed by atoms with van der Waals surface area (Å²) in [6.07, 6.45) is 1.64. The minimum absolute atomic E-state index is 0.198.